The van der Waals surface area contributed by atoms with Crippen LogP contribution in [-0.2, 0) is 17.8 Å². The van der Waals surface area contributed by atoms with Crippen molar-refractivity contribution in [2.75, 3.05) is 18.4 Å². The van der Waals surface area contributed by atoms with Gasteiger partial charge in [-0.05, 0) is 31.5 Å². The van der Waals surface area contributed by atoms with Crippen LogP contribution in [0.15, 0.2) is 51.9 Å². The summed E-state index contributed by atoms with van der Waals surface area (Å²) >= 11 is 0. The number of fused-ring (bicyclic) bond motifs is 1. The second kappa shape index (κ2) is 9.90. The number of aromatic nitrogens is 5. The summed E-state index contributed by atoms with van der Waals surface area (Å²) in [5, 5.41) is 18.0. The van der Waals surface area contributed by atoms with E-state index in [2.05, 4.69) is 31.0 Å². The number of benzene rings is 1. The molecule has 1 amide bonds. The van der Waals surface area contributed by atoms with Crippen molar-refractivity contribution in [1.82, 2.24) is 30.2 Å². The van der Waals surface area contributed by atoms with E-state index >= 15 is 0 Å². The number of aryl methyl sites for hydroxylation is 2. The highest BCUT2D eigenvalue weighted by molar-refractivity contribution is 5.90. The van der Waals surface area contributed by atoms with Crippen molar-refractivity contribution in [3.8, 4) is 11.5 Å². The van der Waals surface area contributed by atoms with Crippen LogP contribution in [0.2, 0.25) is 0 Å². The smallest absolute Gasteiger partial charge is 0.272 e. The number of carbonyl (C=O) groups is 1. The van der Waals surface area contributed by atoms with Crippen LogP contribution < -0.4 is 16.2 Å². The van der Waals surface area contributed by atoms with Gasteiger partial charge >= 0.3 is 0 Å². The van der Waals surface area contributed by atoms with Gasteiger partial charge in [0, 0.05) is 44.1 Å². The summed E-state index contributed by atoms with van der Waals surface area (Å²) in [6, 6.07) is 11.2. The molecule has 4 aromatic rings. The highest BCUT2D eigenvalue weighted by atomic mass is 16.5. The third kappa shape index (κ3) is 4.85. The molecule has 0 saturated heterocycles. The second-order valence-corrected chi connectivity index (χ2v) is 7.27. The molecule has 0 atom stereocenters. The topological polar surface area (TPSA) is 131 Å². The minimum atomic E-state index is -0.217. The van der Waals surface area contributed by atoms with Gasteiger partial charge in [-0.1, -0.05) is 23.4 Å². The molecule has 0 unspecified atom stereocenters. The lowest BCUT2D eigenvalue weighted by atomic mass is 10.2. The van der Waals surface area contributed by atoms with Gasteiger partial charge in [-0.3, -0.25) is 9.59 Å². The SMILES string of the molecule is CCn1cccc1-c1noc(CCC(=O)NCCCNc2n[nH]c(=O)c3ccccc23)n1. The molecule has 0 spiro atoms. The third-order valence-electron chi connectivity index (χ3n) is 5.10. The predicted octanol–water partition coefficient (Wildman–Crippen LogP) is 2.35. The van der Waals surface area contributed by atoms with E-state index in [4.69, 9.17) is 4.52 Å². The number of rotatable bonds is 10. The molecule has 0 radical (unpaired) electrons. The van der Waals surface area contributed by atoms with Crippen molar-refractivity contribution in [2.45, 2.75) is 32.7 Å². The maximum absolute atomic E-state index is 12.1. The molecular weight excluding hydrogens is 410 g/mol. The van der Waals surface area contributed by atoms with Crippen LogP contribution in [0.3, 0.4) is 0 Å². The van der Waals surface area contributed by atoms with Crippen molar-refractivity contribution >= 4 is 22.5 Å². The van der Waals surface area contributed by atoms with Crippen LogP contribution in [0.1, 0.15) is 25.7 Å². The van der Waals surface area contributed by atoms with Crippen LogP contribution in [0.4, 0.5) is 5.82 Å². The van der Waals surface area contributed by atoms with E-state index < -0.39 is 0 Å². The summed E-state index contributed by atoms with van der Waals surface area (Å²) in [4.78, 5) is 28.3. The molecule has 0 saturated carbocycles. The zero-order valence-corrected chi connectivity index (χ0v) is 17.8. The number of nitrogens with zero attached hydrogens (tertiary/aromatic N) is 4. The van der Waals surface area contributed by atoms with Crippen molar-refractivity contribution in [3.63, 3.8) is 0 Å². The summed E-state index contributed by atoms with van der Waals surface area (Å²) in [7, 11) is 0. The number of aromatic amines is 1. The summed E-state index contributed by atoms with van der Waals surface area (Å²) in [6.07, 6.45) is 3.33. The molecule has 166 valence electrons. The van der Waals surface area contributed by atoms with Crippen LogP contribution >= 0.6 is 0 Å². The number of nitrogens with one attached hydrogen (secondary N) is 3. The largest absolute Gasteiger partial charge is 0.368 e. The Morgan fingerprint density at radius 2 is 2.00 bits per heavy atom. The molecule has 10 heteroatoms. The molecule has 0 aliphatic heterocycles. The van der Waals surface area contributed by atoms with Crippen molar-refractivity contribution in [3.05, 3.63) is 58.8 Å². The Morgan fingerprint density at radius 3 is 2.84 bits per heavy atom. The van der Waals surface area contributed by atoms with Gasteiger partial charge in [0.1, 0.15) is 0 Å². The fourth-order valence-electron chi connectivity index (χ4n) is 3.43. The van der Waals surface area contributed by atoms with Gasteiger partial charge in [-0.2, -0.15) is 10.1 Å². The van der Waals surface area contributed by atoms with E-state index in [-0.39, 0.29) is 17.9 Å². The quantitative estimate of drug-likeness (QED) is 0.326. The van der Waals surface area contributed by atoms with E-state index in [1.807, 2.05) is 48.0 Å². The van der Waals surface area contributed by atoms with E-state index in [1.54, 1.807) is 6.07 Å². The van der Waals surface area contributed by atoms with Gasteiger partial charge in [-0.25, -0.2) is 5.10 Å². The number of H-pyrrole nitrogens is 1. The summed E-state index contributed by atoms with van der Waals surface area (Å²) < 4.78 is 7.31. The Balaban J connectivity index is 1.19. The molecule has 0 bridgehead atoms. The molecule has 0 aliphatic rings. The van der Waals surface area contributed by atoms with E-state index in [0.29, 0.717) is 48.9 Å². The van der Waals surface area contributed by atoms with Crippen molar-refractivity contribution < 1.29 is 9.32 Å². The normalized spacial score (nSPS) is 11.0. The second-order valence-electron chi connectivity index (χ2n) is 7.27. The standard InChI is InChI=1S/C22H25N7O3/c1-2-29-14-5-9-17(29)21-25-19(32-28-21)11-10-18(30)23-12-6-13-24-20-15-7-3-4-8-16(15)22(31)27-26-20/h3-5,7-9,14H,2,6,10-13H2,1H3,(H,23,30)(H,24,26)(H,27,31). The zero-order valence-electron chi connectivity index (χ0n) is 17.8. The molecule has 4 rings (SSSR count). The Labute approximate surface area is 184 Å². The number of carbonyl (C=O) groups excluding carboxylic acids is 1. The molecule has 3 N–H and O–H groups in total. The number of anilines is 1. The minimum Gasteiger partial charge on any atom is -0.368 e. The van der Waals surface area contributed by atoms with Gasteiger partial charge in [0.15, 0.2) is 5.82 Å². The maximum Gasteiger partial charge on any atom is 0.272 e. The maximum atomic E-state index is 12.1. The van der Waals surface area contributed by atoms with Gasteiger partial charge in [0.25, 0.3) is 5.56 Å². The molecule has 1 aromatic carbocycles. The van der Waals surface area contributed by atoms with Crippen LogP contribution in [-0.4, -0.2) is 43.9 Å². The monoisotopic (exact) mass is 435 g/mol. The van der Waals surface area contributed by atoms with Crippen molar-refractivity contribution in [2.24, 2.45) is 0 Å². The summed E-state index contributed by atoms with van der Waals surface area (Å²) in [5.41, 5.74) is 0.676. The zero-order chi connectivity index (χ0) is 22.3. The summed E-state index contributed by atoms with van der Waals surface area (Å²) in [6.45, 7) is 3.99. The van der Waals surface area contributed by atoms with Gasteiger partial charge in [0.05, 0.1) is 11.1 Å². The Morgan fingerprint density at radius 1 is 1.16 bits per heavy atom. The van der Waals surface area contributed by atoms with E-state index in [1.165, 1.54) is 0 Å². The van der Waals surface area contributed by atoms with Gasteiger partial charge in [0.2, 0.25) is 17.6 Å². The molecular formula is C22H25N7O3. The molecule has 0 fully saturated rings. The lowest BCUT2D eigenvalue weighted by Gasteiger charge is -2.08. The predicted molar refractivity (Wildman–Crippen MR) is 120 cm³/mol. The highest BCUT2D eigenvalue weighted by Gasteiger charge is 2.13. The fourth-order valence-corrected chi connectivity index (χ4v) is 3.43. The number of hydrogen-bond acceptors (Lipinski definition) is 7. The van der Waals surface area contributed by atoms with E-state index in [0.717, 1.165) is 17.6 Å². The Kier molecular flexibility index (Phi) is 6.59. The molecule has 32 heavy (non-hydrogen) atoms. The van der Waals surface area contributed by atoms with Gasteiger partial charge in [-0.15, -0.1) is 0 Å². The first-order valence-electron chi connectivity index (χ1n) is 10.6. The van der Waals surface area contributed by atoms with Crippen molar-refractivity contribution in [1.29, 1.82) is 0 Å². The molecule has 3 aromatic heterocycles. The lowest BCUT2D eigenvalue weighted by molar-refractivity contribution is -0.121. The molecule has 3 heterocycles. The van der Waals surface area contributed by atoms with E-state index in [9.17, 15) is 9.59 Å². The molecule has 10 nitrogen and oxygen atoms in total. The van der Waals surface area contributed by atoms with Gasteiger partial charge < -0.3 is 19.7 Å². The molecule has 0 aliphatic carbocycles. The fraction of sp³-hybridized carbons (Fsp3) is 0.318. The average molecular weight is 435 g/mol. The Hall–Kier alpha value is -3.95. The first-order valence-corrected chi connectivity index (χ1v) is 10.6. The lowest BCUT2D eigenvalue weighted by Crippen LogP contribution is -2.26. The first-order chi connectivity index (χ1) is 15.7. The van der Waals surface area contributed by atoms with Crippen LogP contribution in [0, 0.1) is 0 Å². The summed E-state index contributed by atoms with van der Waals surface area (Å²) in [5.74, 6) is 1.51. The Bertz CT molecular complexity index is 1260. The van der Waals surface area contributed by atoms with Crippen LogP contribution in [0.25, 0.3) is 22.3 Å². The third-order valence-corrected chi connectivity index (χ3v) is 5.10. The minimum absolute atomic E-state index is 0.0747. The first kappa shape index (κ1) is 21.3. The average Bonchev–Trinajstić information content (AvgIpc) is 3.48. The number of hydrogen-bond donors (Lipinski definition) is 3. The number of amides is 1. The van der Waals surface area contributed by atoms with Crippen LogP contribution in [0.5, 0.6) is 0 Å². The highest BCUT2D eigenvalue weighted by Crippen LogP contribution is 2.18.